The minimum absolute atomic E-state index is 0.142. The highest BCUT2D eigenvalue weighted by Crippen LogP contribution is 2.40. The van der Waals surface area contributed by atoms with Gasteiger partial charge in [-0.05, 0) is 43.4 Å². The van der Waals surface area contributed by atoms with Crippen molar-refractivity contribution in [3.05, 3.63) is 0 Å². The van der Waals surface area contributed by atoms with Crippen LogP contribution in [0, 0.1) is 17.8 Å². The topological polar surface area (TPSA) is 58.9 Å². The third kappa shape index (κ3) is 3.65. The van der Waals surface area contributed by atoms with Crippen LogP contribution in [0.2, 0.25) is 0 Å². The molecule has 2 rings (SSSR count). The van der Waals surface area contributed by atoms with Gasteiger partial charge in [0.15, 0.2) is 0 Å². The Labute approximate surface area is 120 Å². The van der Waals surface area contributed by atoms with Gasteiger partial charge in [-0.1, -0.05) is 32.6 Å². The van der Waals surface area contributed by atoms with E-state index in [1.807, 2.05) is 0 Å². The van der Waals surface area contributed by atoms with Gasteiger partial charge in [-0.3, -0.25) is 0 Å². The van der Waals surface area contributed by atoms with Gasteiger partial charge in [0.25, 0.3) is 0 Å². The Morgan fingerprint density at radius 2 is 1.45 bits per heavy atom. The van der Waals surface area contributed by atoms with Crippen molar-refractivity contribution in [1.82, 2.24) is 0 Å². The summed E-state index contributed by atoms with van der Waals surface area (Å²) in [5.74, 6) is 1.54. The molecular formula is C16H24N2O2. The maximum Gasteiger partial charge on any atom is 0.235 e. The third-order valence-corrected chi connectivity index (χ3v) is 5.34. The molecule has 0 bridgehead atoms. The van der Waals surface area contributed by atoms with Crippen LogP contribution in [-0.4, -0.2) is 24.2 Å². The molecule has 2 fully saturated rings. The fourth-order valence-electron chi connectivity index (χ4n) is 4.10. The summed E-state index contributed by atoms with van der Waals surface area (Å²) in [7, 11) is 0. The van der Waals surface area contributed by atoms with Crippen LogP contribution in [0.4, 0.5) is 0 Å². The summed E-state index contributed by atoms with van der Waals surface area (Å²) < 4.78 is 0. The zero-order chi connectivity index (χ0) is 14.4. The molecule has 4 heteroatoms. The first-order valence-electron chi connectivity index (χ1n) is 7.90. The first-order valence-corrected chi connectivity index (χ1v) is 7.90. The lowest BCUT2D eigenvalue weighted by atomic mass is 9.70. The number of nitrogens with zero attached hydrogens (tertiary/aromatic N) is 2. The Hall–Kier alpha value is -1.24. The van der Waals surface area contributed by atoms with Gasteiger partial charge >= 0.3 is 0 Å². The molecule has 110 valence electrons. The van der Waals surface area contributed by atoms with E-state index in [1.54, 1.807) is 12.2 Å². The molecule has 0 aromatic carbocycles. The Morgan fingerprint density at radius 3 is 2.20 bits per heavy atom. The SMILES string of the molecule is C[C@H]1[C@@H](C[C@H]2CCCC[C@H]2N=C=O)CCC[C@H]1N=C=O. The van der Waals surface area contributed by atoms with Crippen molar-refractivity contribution in [3.63, 3.8) is 0 Å². The lowest BCUT2D eigenvalue weighted by molar-refractivity contribution is 0.159. The second-order valence-electron chi connectivity index (χ2n) is 6.41. The van der Waals surface area contributed by atoms with Gasteiger partial charge in [0.1, 0.15) is 0 Å². The average Bonchev–Trinajstić information content (AvgIpc) is 2.46. The van der Waals surface area contributed by atoms with E-state index in [2.05, 4.69) is 16.9 Å². The Bertz CT molecular complexity index is 411. The largest absolute Gasteiger partial charge is 0.235 e. The lowest BCUT2D eigenvalue weighted by Crippen LogP contribution is -2.33. The van der Waals surface area contributed by atoms with Crippen LogP contribution < -0.4 is 0 Å². The predicted molar refractivity (Wildman–Crippen MR) is 76.9 cm³/mol. The third-order valence-electron chi connectivity index (χ3n) is 5.34. The molecule has 2 saturated carbocycles. The zero-order valence-electron chi connectivity index (χ0n) is 12.3. The highest BCUT2D eigenvalue weighted by Gasteiger charge is 2.34. The molecule has 2 aliphatic rings. The lowest BCUT2D eigenvalue weighted by Gasteiger charge is -2.37. The summed E-state index contributed by atoms with van der Waals surface area (Å²) in [5.41, 5.74) is 0. The summed E-state index contributed by atoms with van der Waals surface area (Å²) in [6.07, 6.45) is 12.5. The van der Waals surface area contributed by atoms with E-state index in [1.165, 1.54) is 25.7 Å². The molecule has 2 aliphatic carbocycles. The van der Waals surface area contributed by atoms with E-state index in [9.17, 15) is 9.59 Å². The number of hydrogen-bond donors (Lipinski definition) is 0. The standard InChI is InChI=1S/C16H24N2O2/c1-12-13(6-4-8-15(12)17-10-19)9-14-5-2-3-7-16(14)18-11-20/h12-16H,2-9H2,1H3/t12-,13+,14+,15+,16+/m0/s1. The molecule has 0 heterocycles. The maximum atomic E-state index is 10.6. The Balaban J connectivity index is 1.99. The quantitative estimate of drug-likeness (QED) is 0.583. The van der Waals surface area contributed by atoms with E-state index in [0.717, 1.165) is 25.7 Å². The Kier molecular flexibility index (Phi) is 5.70. The molecular weight excluding hydrogens is 252 g/mol. The van der Waals surface area contributed by atoms with Crippen LogP contribution in [0.15, 0.2) is 9.98 Å². The molecule has 0 aromatic heterocycles. The van der Waals surface area contributed by atoms with Gasteiger partial charge in [-0.15, -0.1) is 0 Å². The number of hydrogen-bond acceptors (Lipinski definition) is 4. The summed E-state index contributed by atoms with van der Waals surface area (Å²) in [6.45, 7) is 2.20. The number of aliphatic imine (C=N–C) groups is 2. The molecule has 0 unspecified atom stereocenters. The molecule has 0 aliphatic heterocycles. The van der Waals surface area contributed by atoms with Crippen LogP contribution in [0.1, 0.15) is 58.3 Å². The molecule has 0 saturated heterocycles. The van der Waals surface area contributed by atoms with Crippen molar-refractivity contribution in [2.24, 2.45) is 27.7 Å². The monoisotopic (exact) mass is 276 g/mol. The normalized spacial score (nSPS) is 37.5. The van der Waals surface area contributed by atoms with Crippen LogP contribution in [0.3, 0.4) is 0 Å². The minimum Gasteiger partial charge on any atom is -0.211 e. The average molecular weight is 276 g/mol. The molecule has 0 spiro atoms. The van der Waals surface area contributed by atoms with Crippen LogP contribution in [0.5, 0.6) is 0 Å². The number of rotatable bonds is 4. The molecule has 0 radical (unpaired) electrons. The van der Waals surface area contributed by atoms with Gasteiger partial charge in [-0.2, -0.15) is 0 Å². The summed E-state index contributed by atoms with van der Waals surface area (Å²) in [4.78, 5) is 29.1. The Morgan fingerprint density at radius 1 is 0.850 bits per heavy atom. The first-order chi connectivity index (χ1) is 9.76. The van der Waals surface area contributed by atoms with E-state index >= 15 is 0 Å². The molecule has 0 N–H and O–H groups in total. The van der Waals surface area contributed by atoms with Gasteiger partial charge in [0.2, 0.25) is 12.2 Å². The van der Waals surface area contributed by atoms with Gasteiger partial charge in [0.05, 0.1) is 12.1 Å². The fraction of sp³-hybridized carbons (Fsp3) is 0.875. The molecule has 0 amide bonds. The van der Waals surface area contributed by atoms with Crippen molar-refractivity contribution in [1.29, 1.82) is 0 Å². The maximum absolute atomic E-state index is 10.6. The van der Waals surface area contributed by atoms with Gasteiger partial charge in [0, 0.05) is 0 Å². The highest BCUT2D eigenvalue weighted by molar-refractivity contribution is 5.34. The molecule has 0 aromatic rings. The van der Waals surface area contributed by atoms with E-state index in [4.69, 9.17) is 0 Å². The smallest absolute Gasteiger partial charge is 0.211 e. The van der Waals surface area contributed by atoms with E-state index in [0.29, 0.717) is 17.8 Å². The summed E-state index contributed by atoms with van der Waals surface area (Å²) in [5, 5.41) is 0. The number of carbonyl (C=O) groups excluding carboxylic acids is 2. The predicted octanol–water partition coefficient (Wildman–Crippen LogP) is 3.41. The molecule has 20 heavy (non-hydrogen) atoms. The van der Waals surface area contributed by atoms with Crippen molar-refractivity contribution < 1.29 is 9.59 Å². The van der Waals surface area contributed by atoms with E-state index < -0.39 is 0 Å². The summed E-state index contributed by atoms with van der Waals surface area (Å²) in [6, 6.07) is 0.311. The highest BCUT2D eigenvalue weighted by atomic mass is 16.1. The van der Waals surface area contributed by atoms with Crippen molar-refractivity contribution >= 4 is 12.2 Å². The van der Waals surface area contributed by atoms with Gasteiger partial charge in [-0.25, -0.2) is 19.6 Å². The van der Waals surface area contributed by atoms with E-state index in [-0.39, 0.29) is 12.1 Å². The molecule has 5 atom stereocenters. The van der Waals surface area contributed by atoms with Crippen LogP contribution in [0.25, 0.3) is 0 Å². The second-order valence-corrected chi connectivity index (χ2v) is 6.41. The van der Waals surface area contributed by atoms with Crippen LogP contribution in [-0.2, 0) is 9.59 Å². The fourth-order valence-corrected chi connectivity index (χ4v) is 4.10. The molecule has 4 nitrogen and oxygen atoms in total. The summed E-state index contributed by atoms with van der Waals surface area (Å²) >= 11 is 0. The van der Waals surface area contributed by atoms with Crippen LogP contribution >= 0.6 is 0 Å². The number of isocyanates is 2. The zero-order valence-corrected chi connectivity index (χ0v) is 12.3. The minimum atomic E-state index is 0.142. The van der Waals surface area contributed by atoms with Gasteiger partial charge < -0.3 is 0 Å². The van der Waals surface area contributed by atoms with Crippen molar-refractivity contribution in [2.75, 3.05) is 0 Å². The van der Waals surface area contributed by atoms with Crippen molar-refractivity contribution in [3.8, 4) is 0 Å². The van der Waals surface area contributed by atoms with Crippen molar-refractivity contribution in [2.45, 2.75) is 70.4 Å². The second kappa shape index (κ2) is 7.52. The first kappa shape index (κ1) is 15.2.